The van der Waals surface area contributed by atoms with Crippen molar-refractivity contribution in [3.05, 3.63) is 60.3 Å². The highest BCUT2D eigenvalue weighted by Crippen LogP contribution is 2.14. The number of pyridine rings is 1. The van der Waals surface area contributed by atoms with Gasteiger partial charge in [-0.2, -0.15) is 0 Å². The Balaban J connectivity index is 2.02. The lowest BCUT2D eigenvalue weighted by Crippen LogP contribution is -2.32. The molecule has 15 heavy (non-hydrogen) atoms. The first kappa shape index (κ1) is 8.36. The minimum Gasteiger partial charge on any atom is -0.223 e. The predicted octanol–water partition coefficient (Wildman–Crippen LogP) is 2.11. The van der Waals surface area contributed by atoms with Gasteiger partial charge in [-0.15, -0.1) is 0 Å². The number of nitrogens with zero attached hydrogens (tertiary/aromatic N) is 2. The summed E-state index contributed by atoms with van der Waals surface area (Å²) in [5, 5.41) is 0. The van der Waals surface area contributed by atoms with Crippen LogP contribution < -0.4 is 4.57 Å². The lowest BCUT2D eigenvalue weighted by atomic mass is 10.1. The smallest absolute Gasteiger partial charge is 0.223 e. The van der Waals surface area contributed by atoms with E-state index in [4.69, 9.17) is 0 Å². The fraction of sp³-hybridized carbons (Fsp3) is 0.0769. The van der Waals surface area contributed by atoms with Crippen LogP contribution in [0.5, 0.6) is 0 Å². The Kier molecular flexibility index (Phi) is 1.85. The van der Waals surface area contributed by atoms with Crippen molar-refractivity contribution in [1.82, 2.24) is 0 Å². The average molecular weight is 195 g/mol. The van der Waals surface area contributed by atoms with Gasteiger partial charge in [0, 0.05) is 11.6 Å². The number of hydrogen-bond acceptors (Lipinski definition) is 1. The monoisotopic (exact) mass is 195 g/mol. The van der Waals surface area contributed by atoms with Gasteiger partial charge in [0.05, 0.1) is 6.20 Å². The van der Waals surface area contributed by atoms with Crippen molar-refractivity contribution in [2.45, 2.75) is 6.54 Å². The van der Waals surface area contributed by atoms with Gasteiger partial charge in [-0.3, -0.25) is 0 Å². The third-order valence-electron chi connectivity index (χ3n) is 2.59. The van der Waals surface area contributed by atoms with Gasteiger partial charge in [-0.25, -0.2) is 4.57 Å². The predicted molar refractivity (Wildman–Crippen MR) is 59.3 cm³/mol. The fourth-order valence-electron chi connectivity index (χ4n) is 1.82. The molecular formula is C13H11N2+. The molecule has 2 heterocycles. The van der Waals surface area contributed by atoms with Crippen LogP contribution >= 0.6 is 0 Å². The molecule has 72 valence electrons. The van der Waals surface area contributed by atoms with Crippen LogP contribution in [0.2, 0.25) is 0 Å². The summed E-state index contributed by atoms with van der Waals surface area (Å²) in [6.07, 6.45) is 2.06. The summed E-state index contributed by atoms with van der Waals surface area (Å²) in [5.74, 6) is 1.04. The van der Waals surface area contributed by atoms with Crippen LogP contribution in [0.3, 0.4) is 0 Å². The molecule has 2 heteroatoms. The summed E-state index contributed by atoms with van der Waals surface area (Å²) in [6, 6.07) is 16.4. The molecule has 1 aliphatic heterocycles. The zero-order valence-corrected chi connectivity index (χ0v) is 8.30. The third-order valence-corrected chi connectivity index (χ3v) is 2.59. The molecule has 0 atom stereocenters. The minimum atomic E-state index is 0.875. The molecule has 0 amide bonds. The second kappa shape index (κ2) is 3.31. The maximum absolute atomic E-state index is 4.60. The highest BCUT2D eigenvalue weighted by atomic mass is 15.1. The number of hydrogen-bond donors (Lipinski definition) is 0. The molecule has 0 bridgehead atoms. The first-order valence-corrected chi connectivity index (χ1v) is 5.05. The second-order valence-electron chi connectivity index (χ2n) is 3.61. The Morgan fingerprint density at radius 3 is 2.53 bits per heavy atom. The van der Waals surface area contributed by atoms with E-state index >= 15 is 0 Å². The Bertz CT molecular complexity index is 515. The minimum absolute atomic E-state index is 0.875. The molecule has 0 N–H and O–H groups in total. The molecule has 1 aromatic heterocycles. The van der Waals surface area contributed by atoms with Crippen molar-refractivity contribution in [2.75, 3.05) is 0 Å². The molecule has 1 aliphatic rings. The highest BCUT2D eigenvalue weighted by Gasteiger charge is 2.23. The summed E-state index contributed by atoms with van der Waals surface area (Å²) in [7, 11) is 0. The molecule has 2 aromatic rings. The molecule has 1 aromatic carbocycles. The standard InChI is InChI=1S/C13H11N2/c1-2-6-11(7-3-1)12-10-15-9-5-4-8-13(15)14-12/h1-9H,10H2/q+1. The van der Waals surface area contributed by atoms with E-state index in [1.54, 1.807) is 0 Å². The van der Waals surface area contributed by atoms with Crippen molar-refractivity contribution in [1.29, 1.82) is 0 Å². The summed E-state index contributed by atoms with van der Waals surface area (Å²) in [6.45, 7) is 0.875. The Morgan fingerprint density at radius 1 is 0.933 bits per heavy atom. The quantitative estimate of drug-likeness (QED) is 0.620. The SMILES string of the molecule is c1ccc(C2=Nc3cccc[n+]3C2)cc1. The molecule has 0 saturated carbocycles. The number of aliphatic imine (C=N–C) groups is 1. The molecule has 2 nitrogen and oxygen atoms in total. The largest absolute Gasteiger partial charge is 0.323 e. The number of fused-ring (bicyclic) bond motifs is 1. The molecule has 0 spiro atoms. The first-order valence-electron chi connectivity index (χ1n) is 5.05. The number of aromatic nitrogens is 1. The van der Waals surface area contributed by atoms with Gasteiger partial charge < -0.3 is 0 Å². The molecule has 3 rings (SSSR count). The van der Waals surface area contributed by atoms with Gasteiger partial charge in [0.2, 0.25) is 5.71 Å². The molecule has 0 unspecified atom stereocenters. The van der Waals surface area contributed by atoms with Crippen LogP contribution in [0.15, 0.2) is 59.7 Å². The molecule has 0 fully saturated rings. The molecular weight excluding hydrogens is 184 g/mol. The van der Waals surface area contributed by atoms with Crippen LogP contribution in [-0.2, 0) is 6.54 Å². The first-order chi connectivity index (χ1) is 7.43. The van der Waals surface area contributed by atoms with Crippen LogP contribution in [-0.4, -0.2) is 5.71 Å². The van der Waals surface area contributed by atoms with Crippen LogP contribution in [0.1, 0.15) is 5.56 Å². The zero-order valence-electron chi connectivity index (χ0n) is 8.30. The van der Waals surface area contributed by atoms with Crippen molar-refractivity contribution in [3.63, 3.8) is 0 Å². The van der Waals surface area contributed by atoms with E-state index in [1.165, 1.54) is 5.56 Å². The van der Waals surface area contributed by atoms with E-state index in [9.17, 15) is 0 Å². The maximum Gasteiger partial charge on any atom is 0.323 e. The van der Waals surface area contributed by atoms with Crippen LogP contribution in [0, 0.1) is 0 Å². The van der Waals surface area contributed by atoms with E-state index in [1.807, 2.05) is 36.4 Å². The van der Waals surface area contributed by atoms with Crippen LogP contribution in [0.4, 0.5) is 5.82 Å². The normalized spacial score (nSPS) is 13.5. The highest BCUT2D eigenvalue weighted by molar-refractivity contribution is 6.01. The lowest BCUT2D eigenvalue weighted by Gasteiger charge is -1.93. The number of benzene rings is 1. The van der Waals surface area contributed by atoms with Gasteiger partial charge in [-0.05, 0) is 11.1 Å². The van der Waals surface area contributed by atoms with Crippen molar-refractivity contribution >= 4 is 11.5 Å². The van der Waals surface area contributed by atoms with Gasteiger partial charge in [-0.1, -0.05) is 36.4 Å². The Hall–Kier alpha value is -1.96. The van der Waals surface area contributed by atoms with Gasteiger partial charge in [0.25, 0.3) is 0 Å². The molecule has 0 radical (unpaired) electrons. The third kappa shape index (κ3) is 1.44. The molecule has 0 aliphatic carbocycles. The van der Waals surface area contributed by atoms with E-state index in [0.29, 0.717) is 0 Å². The topological polar surface area (TPSA) is 16.2 Å². The van der Waals surface area contributed by atoms with E-state index in [0.717, 1.165) is 18.1 Å². The summed E-state index contributed by atoms with van der Waals surface area (Å²) >= 11 is 0. The lowest BCUT2D eigenvalue weighted by molar-refractivity contribution is -0.664. The Morgan fingerprint density at radius 2 is 1.73 bits per heavy atom. The Labute approximate surface area is 88.5 Å². The summed E-state index contributed by atoms with van der Waals surface area (Å²) < 4.78 is 2.16. The van der Waals surface area contributed by atoms with Gasteiger partial charge in [0.15, 0.2) is 6.54 Å². The van der Waals surface area contributed by atoms with Crippen molar-refractivity contribution in [3.8, 4) is 0 Å². The van der Waals surface area contributed by atoms with Gasteiger partial charge in [0.1, 0.15) is 0 Å². The fourth-order valence-corrected chi connectivity index (χ4v) is 1.82. The molecule has 0 saturated heterocycles. The van der Waals surface area contributed by atoms with Crippen molar-refractivity contribution < 1.29 is 4.57 Å². The average Bonchev–Trinajstić information content (AvgIpc) is 2.74. The summed E-state index contributed by atoms with van der Waals surface area (Å²) in [4.78, 5) is 4.60. The van der Waals surface area contributed by atoms with Crippen molar-refractivity contribution in [2.24, 2.45) is 4.99 Å². The van der Waals surface area contributed by atoms with Gasteiger partial charge >= 0.3 is 5.82 Å². The van der Waals surface area contributed by atoms with Crippen LogP contribution in [0.25, 0.3) is 0 Å². The van der Waals surface area contributed by atoms with E-state index < -0.39 is 0 Å². The van der Waals surface area contributed by atoms with E-state index in [-0.39, 0.29) is 0 Å². The second-order valence-corrected chi connectivity index (χ2v) is 3.61. The zero-order chi connectivity index (χ0) is 10.1. The maximum atomic E-state index is 4.60. The van der Waals surface area contributed by atoms with E-state index in [2.05, 4.69) is 27.9 Å². The summed E-state index contributed by atoms with van der Waals surface area (Å²) in [5.41, 5.74) is 2.35. The number of rotatable bonds is 1.